The van der Waals surface area contributed by atoms with E-state index in [1.807, 2.05) is 13.8 Å². The second-order valence-corrected chi connectivity index (χ2v) is 8.94. The van der Waals surface area contributed by atoms with Crippen LogP contribution in [0.1, 0.15) is 38.7 Å². The number of aryl methyl sites for hydroxylation is 1. The van der Waals surface area contributed by atoms with Crippen LogP contribution in [0.5, 0.6) is 0 Å². The fourth-order valence-corrected chi connectivity index (χ4v) is 4.29. The number of morpholine rings is 1. The Bertz CT molecular complexity index is 709. The lowest BCUT2D eigenvalue weighted by Gasteiger charge is -2.26. The van der Waals surface area contributed by atoms with Crippen molar-refractivity contribution in [3.63, 3.8) is 0 Å². The summed E-state index contributed by atoms with van der Waals surface area (Å²) >= 11 is 0. The molecule has 1 heterocycles. The first-order chi connectivity index (χ1) is 12.8. The van der Waals surface area contributed by atoms with E-state index in [1.165, 1.54) is 4.31 Å². The van der Waals surface area contributed by atoms with Crippen molar-refractivity contribution in [1.82, 2.24) is 9.62 Å². The number of benzene rings is 1. The number of nitrogens with zero attached hydrogens (tertiary/aromatic N) is 1. The molecule has 27 heavy (non-hydrogen) atoms. The van der Waals surface area contributed by atoms with Crippen molar-refractivity contribution in [3.8, 4) is 0 Å². The molecule has 8 heteroatoms. The van der Waals surface area contributed by atoms with Gasteiger partial charge in [0.25, 0.3) is 0 Å². The summed E-state index contributed by atoms with van der Waals surface area (Å²) in [6, 6.07) is 6.76. The number of nitrogens with two attached hydrogens (primary N) is 1. The zero-order valence-electron chi connectivity index (χ0n) is 16.2. The SMILES string of the molecule is CCC(N)(CC)CNC(=O)CCc1ccc(S(=O)(=O)N2CCOCC2)cc1. The van der Waals surface area contributed by atoms with Crippen LogP contribution in [-0.2, 0) is 26.0 Å². The van der Waals surface area contributed by atoms with Gasteiger partial charge < -0.3 is 15.8 Å². The van der Waals surface area contributed by atoms with E-state index in [0.29, 0.717) is 45.7 Å². The highest BCUT2D eigenvalue weighted by Crippen LogP contribution is 2.18. The monoisotopic (exact) mass is 397 g/mol. The van der Waals surface area contributed by atoms with Crippen molar-refractivity contribution in [1.29, 1.82) is 0 Å². The normalized spacial score (nSPS) is 16.3. The quantitative estimate of drug-likeness (QED) is 0.653. The Morgan fingerprint density at radius 2 is 1.78 bits per heavy atom. The van der Waals surface area contributed by atoms with Crippen LogP contribution in [0.25, 0.3) is 0 Å². The highest BCUT2D eigenvalue weighted by Gasteiger charge is 2.26. The van der Waals surface area contributed by atoms with Crippen molar-refractivity contribution in [2.45, 2.75) is 50.0 Å². The van der Waals surface area contributed by atoms with Gasteiger partial charge in [-0.1, -0.05) is 26.0 Å². The van der Waals surface area contributed by atoms with Crippen LogP contribution in [0.15, 0.2) is 29.2 Å². The van der Waals surface area contributed by atoms with Crippen LogP contribution in [0.2, 0.25) is 0 Å². The third-order valence-electron chi connectivity index (χ3n) is 5.22. The summed E-state index contributed by atoms with van der Waals surface area (Å²) in [5, 5.41) is 2.90. The molecule has 0 aliphatic carbocycles. The summed E-state index contributed by atoms with van der Waals surface area (Å²) in [5.74, 6) is -0.0447. The van der Waals surface area contributed by atoms with E-state index in [2.05, 4.69) is 5.32 Å². The molecule has 1 aliphatic heterocycles. The van der Waals surface area contributed by atoms with E-state index in [4.69, 9.17) is 10.5 Å². The maximum absolute atomic E-state index is 12.6. The van der Waals surface area contributed by atoms with E-state index in [1.54, 1.807) is 24.3 Å². The maximum atomic E-state index is 12.6. The number of rotatable bonds is 9. The Morgan fingerprint density at radius 3 is 2.33 bits per heavy atom. The fourth-order valence-electron chi connectivity index (χ4n) is 2.88. The van der Waals surface area contributed by atoms with E-state index in [-0.39, 0.29) is 16.3 Å². The Labute approximate surface area is 162 Å². The van der Waals surface area contributed by atoms with Gasteiger partial charge in [0.1, 0.15) is 0 Å². The molecule has 1 aromatic rings. The predicted octanol–water partition coefficient (Wildman–Crippen LogP) is 1.27. The lowest BCUT2D eigenvalue weighted by molar-refractivity contribution is -0.121. The van der Waals surface area contributed by atoms with Crippen molar-refractivity contribution in [2.24, 2.45) is 5.73 Å². The van der Waals surface area contributed by atoms with Crippen molar-refractivity contribution >= 4 is 15.9 Å². The minimum Gasteiger partial charge on any atom is -0.379 e. The Morgan fingerprint density at radius 1 is 1.19 bits per heavy atom. The summed E-state index contributed by atoms with van der Waals surface area (Å²) < 4.78 is 31.8. The van der Waals surface area contributed by atoms with Crippen LogP contribution in [0.4, 0.5) is 0 Å². The highest BCUT2D eigenvalue weighted by molar-refractivity contribution is 7.89. The molecule has 7 nitrogen and oxygen atoms in total. The molecule has 3 N–H and O–H groups in total. The molecule has 0 radical (unpaired) electrons. The van der Waals surface area contributed by atoms with Gasteiger partial charge in [0.2, 0.25) is 15.9 Å². The Kier molecular flexibility index (Phi) is 7.79. The van der Waals surface area contributed by atoms with Crippen molar-refractivity contribution < 1.29 is 17.9 Å². The van der Waals surface area contributed by atoms with Gasteiger partial charge >= 0.3 is 0 Å². The average molecular weight is 398 g/mol. The molecule has 0 atom stereocenters. The van der Waals surface area contributed by atoms with Gasteiger partial charge in [-0.2, -0.15) is 4.31 Å². The van der Waals surface area contributed by atoms with E-state index < -0.39 is 10.0 Å². The smallest absolute Gasteiger partial charge is 0.243 e. The molecule has 0 saturated carbocycles. The predicted molar refractivity (Wildman–Crippen MR) is 105 cm³/mol. The molecular weight excluding hydrogens is 366 g/mol. The van der Waals surface area contributed by atoms with Gasteiger partial charge in [-0.15, -0.1) is 0 Å². The zero-order valence-corrected chi connectivity index (χ0v) is 17.1. The molecule has 1 saturated heterocycles. The first-order valence-electron chi connectivity index (χ1n) is 9.53. The molecule has 0 aromatic heterocycles. The number of carbonyl (C=O) groups is 1. The van der Waals surface area contributed by atoms with Gasteiger partial charge in [-0.3, -0.25) is 4.79 Å². The second kappa shape index (κ2) is 9.64. The Balaban J connectivity index is 1.87. The molecule has 1 aromatic carbocycles. The van der Waals surface area contributed by atoms with Crippen LogP contribution in [0.3, 0.4) is 0 Å². The van der Waals surface area contributed by atoms with Gasteiger partial charge in [0, 0.05) is 31.6 Å². The van der Waals surface area contributed by atoms with Gasteiger partial charge in [-0.05, 0) is 37.0 Å². The van der Waals surface area contributed by atoms with Crippen molar-refractivity contribution in [2.75, 3.05) is 32.8 Å². The number of amides is 1. The second-order valence-electron chi connectivity index (χ2n) is 7.01. The third-order valence-corrected chi connectivity index (χ3v) is 7.13. The van der Waals surface area contributed by atoms with Crippen LogP contribution in [-0.4, -0.2) is 57.0 Å². The number of sulfonamides is 1. The van der Waals surface area contributed by atoms with E-state index in [0.717, 1.165) is 18.4 Å². The molecule has 1 aliphatic rings. The summed E-state index contributed by atoms with van der Waals surface area (Å²) in [6.07, 6.45) is 2.52. The number of hydrogen-bond donors (Lipinski definition) is 2. The number of hydrogen-bond acceptors (Lipinski definition) is 5. The fraction of sp³-hybridized carbons (Fsp3) is 0.632. The standard InChI is InChI=1S/C19H31N3O4S/c1-3-19(20,4-2)15-21-18(23)10-7-16-5-8-17(9-6-16)27(24,25)22-11-13-26-14-12-22/h5-6,8-9H,3-4,7,10-15,20H2,1-2H3,(H,21,23). The average Bonchev–Trinajstić information content (AvgIpc) is 2.71. The maximum Gasteiger partial charge on any atom is 0.243 e. The zero-order chi connectivity index (χ0) is 19.9. The molecule has 0 bridgehead atoms. The lowest BCUT2D eigenvalue weighted by atomic mass is 9.94. The number of carbonyl (C=O) groups excluding carboxylic acids is 1. The number of nitrogens with one attached hydrogen (secondary N) is 1. The first kappa shape index (κ1) is 21.8. The molecule has 152 valence electrons. The van der Waals surface area contributed by atoms with E-state index in [9.17, 15) is 13.2 Å². The van der Waals surface area contributed by atoms with E-state index >= 15 is 0 Å². The highest BCUT2D eigenvalue weighted by atomic mass is 32.2. The minimum absolute atomic E-state index is 0.0447. The van der Waals surface area contributed by atoms with Gasteiger partial charge in [0.05, 0.1) is 18.1 Å². The van der Waals surface area contributed by atoms with Crippen LogP contribution >= 0.6 is 0 Å². The summed E-state index contributed by atoms with van der Waals surface area (Å²) in [7, 11) is -3.48. The minimum atomic E-state index is -3.48. The largest absolute Gasteiger partial charge is 0.379 e. The van der Waals surface area contributed by atoms with Gasteiger partial charge in [-0.25, -0.2) is 8.42 Å². The Hall–Kier alpha value is -1.48. The molecule has 1 amide bonds. The molecule has 0 spiro atoms. The summed E-state index contributed by atoms with van der Waals surface area (Å²) in [4.78, 5) is 12.3. The third kappa shape index (κ3) is 6.00. The van der Waals surface area contributed by atoms with Gasteiger partial charge in [0.15, 0.2) is 0 Å². The topological polar surface area (TPSA) is 102 Å². The first-order valence-corrected chi connectivity index (χ1v) is 11.0. The molecule has 1 fully saturated rings. The summed E-state index contributed by atoms with van der Waals surface area (Å²) in [5.41, 5.74) is 6.76. The van der Waals surface area contributed by atoms with Crippen LogP contribution < -0.4 is 11.1 Å². The number of ether oxygens (including phenoxy) is 1. The molecule has 2 rings (SSSR count). The van der Waals surface area contributed by atoms with Crippen LogP contribution in [0, 0.1) is 0 Å². The summed E-state index contributed by atoms with van der Waals surface area (Å²) in [6.45, 7) is 6.10. The molecular formula is C19H31N3O4S. The molecule has 0 unspecified atom stereocenters. The van der Waals surface area contributed by atoms with Crippen molar-refractivity contribution in [3.05, 3.63) is 29.8 Å². The lowest BCUT2D eigenvalue weighted by Crippen LogP contribution is -2.49.